The quantitative estimate of drug-likeness (QED) is 0.531. The molecule has 0 aromatic heterocycles. The van der Waals surface area contributed by atoms with Gasteiger partial charge in [-0.3, -0.25) is 4.79 Å². The normalized spacial score (nSPS) is 45.9. The molecular formula is C14H20ClNO. The molecular weight excluding hydrogens is 234 g/mol. The van der Waals surface area contributed by atoms with Crippen molar-refractivity contribution in [2.24, 2.45) is 17.8 Å². The predicted molar refractivity (Wildman–Crippen MR) is 69.1 cm³/mol. The molecule has 2 fully saturated rings. The zero-order valence-corrected chi connectivity index (χ0v) is 10.8. The summed E-state index contributed by atoms with van der Waals surface area (Å²) in [6, 6.07) is 0.0851. The van der Waals surface area contributed by atoms with Crippen LogP contribution in [-0.4, -0.2) is 23.7 Å². The summed E-state index contributed by atoms with van der Waals surface area (Å²) in [6.45, 7) is 0.996. The van der Waals surface area contributed by atoms with Crippen LogP contribution in [0, 0.1) is 17.8 Å². The number of nitrogens with one attached hydrogen (secondary N) is 1. The third-order valence-electron chi connectivity index (χ3n) is 4.62. The second-order valence-corrected chi connectivity index (χ2v) is 6.32. The summed E-state index contributed by atoms with van der Waals surface area (Å²) in [5.41, 5.74) is 0. The van der Waals surface area contributed by atoms with Crippen molar-refractivity contribution in [2.45, 2.75) is 43.5 Å². The fraction of sp³-hybridized carbons (Fsp3) is 0.786. The van der Waals surface area contributed by atoms with Gasteiger partial charge in [0.2, 0.25) is 0 Å². The Morgan fingerprint density at radius 3 is 2.88 bits per heavy atom. The van der Waals surface area contributed by atoms with Crippen LogP contribution >= 0.6 is 11.6 Å². The Labute approximate surface area is 108 Å². The number of carbonyl (C=O) groups is 1. The van der Waals surface area contributed by atoms with Crippen molar-refractivity contribution in [2.75, 3.05) is 6.54 Å². The first kappa shape index (κ1) is 11.7. The highest BCUT2D eigenvalue weighted by atomic mass is 35.5. The Bertz CT molecular complexity index is 341. The van der Waals surface area contributed by atoms with E-state index in [0.29, 0.717) is 17.6 Å². The molecule has 3 aliphatic rings. The number of rotatable bonds is 0. The lowest BCUT2D eigenvalue weighted by Gasteiger charge is -2.34. The van der Waals surface area contributed by atoms with E-state index in [1.165, 1.54) is 6.42 Å². The number of halogens is 1. The summed E-state index contributed by atoms with van der Waals surface area (Å²) < 4.78 is 0. The van der Waals surface area contributed by atoms with E-state index in [-0.39, 0.29) is 17.3 Å². The molecule has 94 valence electrons. The second kappa shape index (κ2) is 4.74. The number of alkyl halides is 1. The van der Waals surface area contributed by atoms with E-state index in [2.05, 4.69) is 17.5 Å². The fourth-order valence-electron chi connectivity index (χ4n) is 3.67. The van der Waals surface area contributed by atoms with E-state index >= 15 is 0 Å². The molecule has 0 radical (unpaired) electrons. The Morgan fingerprint density at radius 1 is 1.18 bits per heavy atom. The zero-order chi connectivity index (χ0) is 11.8. The number of Topliss-reactive ketones (excluding diaryl/α,β-unsaturated/α-hetero) is 1. The molecule has 1 saturated carbocycles. The average molecular weight is 254 g/mol. The molecule has 1 aliphatic heterocycles. The highest BCUT2D eigenvalue weighted by Crippen LogP contribution is 2.39. The Hall–Kier alpha value is -0.340. The maximum Gasteiger partial charge on any atom is 0.153 e. The average Bonchev–Trinajstić information content (AvgIpc) is 2.48. The molecule has 17 heavy (non-hydrogen) atoms. The summed E-state index contributed by atoms with van der Waals surface area (Å²) in [5.74, 6) is 1.50. The Kier molecular flexibility index (Phi) is 3.27. The molecule has 1 heterocycles. The van der Waals surface area contributed by atoms with Gasteiger partial charge in [-0.1, -0.05) is 12.2 Å². The largest absolute Gasteiger partial charge is 0.307 e. The van der Waals surface area contributed by atoms with Crippen molar-refractivity contribution in [1.82, 2.24) is 5.32 Å². The molecule has 2 aliphatic carbocycles. The summed E-state index contributed by atoms with van der Waals surface area (Å²) in [4.78, 5) is 12.6. The molecule has 0 spiro atoms. The van der Waals surface area contributed by atoms with Gasteiger partial charge in [0.05, 0.1) is 6.04 Å². The van der Waals surface area contributed by atoms with Crippen LogP contribution in [0.25, 0.3) is 0 Å². The van der Waals surface area contributed by atoms with Crippen molar-refractivity contribution >= 4 is 17.4 Å². The predicted octanol–water partition coefficient (Wildman–Crippen LogP) is 2.52. The van der Waals surface area contributed by atoms with E-state index in [4.69, 9.17) is 11.6 Å². The van der Waals surface area contributed by atoms with Gasteiger partial charge in [0.1, 0.15) is 0 Å². The molecule has 5 unspecified atom stereocenters. The van der Waals surface area contributed by atoms with Crippen molar-refractivity contribution in [3.63, 3.8) is 0 Å². The standard InChI is InChI=1S/C14H20ClNO/c15-11-5-6-12-10(8-11)4-3-9-2-1-7-16-13(9)14(12)17/h3-4,9-13,16H,1-2,5-8H2. The van der Waals surface area contributed by atoms with Crippen LogP contribution in [0.15, 0.2) is 12.2 Å². The third-order valence-corrected chi connectivity index (χ3v) is 5.02. The third kappa shape index (κ3) is 2.17. The summed E-state index contributed by atoms with van der Waals surface area (Å²) in [5, 5.41) is 3.69. The highest BCUT2D eigenvalue weighted by molar-refractivity contribution is 6.20. The van der Waals surface area contributed by atoms with E-state index in [9.17, 15) is 4.79 Å². The van der Waals surface area contributed by atoms with Gasteiger partial charge < -0.3 is 5.32 Å². The monoisotopic (exact) mass is 253 g/mol. The summed E-state index contributed by atoms with van der Waals surface area (Å²) in [7, 11) is 0. The minimum atomic E-state index is 0.0851. The fourth-order valence-corrected chi connectivity index (χ4v) is 4.00. The van der Waals surface area contributed by atoms with Gasteiger partial charge in [-0.2, -0.15) is 0 Å². The van der Waals surface area contributed by atoms with Crippen molar-refractivity contribution in [3.05, 3.63) is 12.2 Å². The lowest BCUT2D eigenvalue weighted by molar-refractivity contribution is -0.128. The van der Waals surface area contributed by atoms with Crippen molar-refractivity contribution in [3.8, 4) is 0 Å². The van der Waals surface area contributed by atoms with Crippen LogP contribution in [0.4, 0.5) is 0 Å². The first-order chi connectivity index (χ1) is 8.25. The molecule has 3 heteroatoms. The molecule has 0 bridgehead atoms. The van der Waals surface area contributed by atoms with Crippen molar-refractivity contribution < 1.29 is 4.79 Å². The topological polar surface area (TPSA) is 29.1 Å². The molecule has 0 aromatic carbocycles. The van der Waals surface area contributed by atoms with Crippen molar-refractivity contribution in [1.29, 1.82) is 0 Å². The van der Waals surface area contributed by atoms with Crippen LogP contribution in [0.5, 0.6) is 0 Å². The zero-order valence-electron chi connectivity index (χ0n) is 10.1. The lowest BCUT2D eigenvalue weighted by atomic mass is 9.75. The van der Waals surface area contributed by atoms with Crippen LogP contribution in [-0.2, 0) is 4.79 Å². The SMILES string of the molecule is O=C1C2CCC(Cl)CC2C=CC2CCCNC12. The minimum Gasteiger partial charge on any atom is -0.307 e. The number of hydrogen-bond acceptors (Lipinski definition) is 2. The van der Waals surface area contributed by atoms with Gasteiger partial charge in [-0.15, -0.1) is 11.6 Å². The van der Waals surface area contributed by atoms with E-state index < -0.39 is 0 Å². The van der Waals surface area contributed by atoms with Gasteiger partial charge in [0.15, 0.2) is 5.78 Å². The molecule has 3 rings (SSSR count). The second-order valence-electron chi connectivity index (χ2n) is 5.71. The molecule has 0 aromatic rings. The van der Waals surface area contributed by atoms with Gasteiger partial charge in [0, 0.05) is 11.3 Å². The maximum atomic E-state index is 12.6. The number of ketones is 1. The summed E-state index contributed by atoms with van der Waals surface area (Å²) >= 11 is 6.23. The number of allylic oxidation sites excluding steroid dienone is 1. The van der Waals surface area contributed by atoms with Gasteiger partial charge in [0.25, 0.3) is 0 Å². The lowest BCUT2D eigenvalue weighted by Crippen LogP contribution is -2.49. The number of fused-ring (bicyclic) bond motifs is 2. The summed E-state index contributed by atoms with van der Waals surface area (Å²) in [6.07, 6.45) is 9.87. The Balaban J connectivity index is 1.84. The molecule has 1 N–H and O–H groups in total. The van der Waals surface area contributed by atoms with Crippen LogP contribution in [0.3, 0.4) is 0 Å². The van der Waals surface area contributed by atoms with Gasteiger partial charge >= 0.3 is 0 Å². The first-order valence-corrected chi connectivity index (χ1v) is 7.29. The van der Waals surface area contributed by atoms with Gasteiger partial charge in [-0.25, -0.2) is 0 Å². The number of piperidine rings is 1. The van der Waals surface area contributed by atoms with E-state index in [1.54, 1.807) is 0 Å². The first-order valence-electron chi connectivity index (χ1n) is 6.85. The minimum absolute atomic E-state index is 0.0851. The van der Waals surface area contributed by atoms with Gasteiger partial charge in [-0.05, 0) is 50.5 Å². The van der Waals surface area contributed by atoms with E-state index in [1.807, 2.05) is 0 Å². The van der Waals surface area contributed by atoms with Crippen LogP contribution in [0.2, 0.25) is 0 Å². The number of hydrogen-bond donors (Lipinski definition) is 1. The molecule has 1 saturated heterocycles. The molecule has 2 nitrogen and oxygen atoms in total. The smallest absolute Gasteiger partial charge is 0.153 e. The van der Waals surface area contributed by atoms with E-state index in [0.717, 1.165) is 32.2 Å². The van der Waals surface area contributed by atoms with Crippen LogP contribution in [0.1, 0.15) is 32.1 Å². The Morgan fingerprint density at radius 2 is 2.00 bits per heavy atom. The van der Waals surface area contributed by atoms with Crippen LogP contribution < -0.4 is 5.32 Å². The number of carbonyl (C=O) groups excluding carboxylic acids is 1. The molecule has 5 atom stereocenters. The highest BCUT2D eigenvalue weighted by Gasteiger charge is 2.41. The molecule has 0 amide bonds. The maximum absolute atomic E-state index is 12.6.